The van der Waals surface area contributed by atoms with E-state index in [0.29, 0.717) is 5.92 Å². The lowest BCUT2D eigenvalue weighted by molar-refractivity contribution is 0.187. The van der Waals surface area contributed by atoms with E-state index in [1.165, 1.54) is 57.0 Å². The van der Waals surface area contributed by atoms with Crippen molar-refractivity contribution >= 4 is 0 Å². The maximum atomic E-state index is 4.50. The fourth-order valence-corrected chi connectivity index (χ4v) is 3.52. The minimum Gasteiger partial charge on any atom is -0.315 e. The van der Waals surface area contributed by atoms with Crippen LogP contribution in [0, 0.1) is 5.92 Å². The Morgan fingerprint density at radius 3 is 2.63 bits per heavy atom. The van der Waals surface area contributed by atoms with Gasteiger partial charge >= 0.3 is 0 Å². The fraction of sp³-hybridized carbons (Fsp3) is 0.867. The van der Waals surface area contributed by atoms with Crippen molar-refractivity contribution in [2.24, 2.45) is 5.92 Å². The molecule has 106 valence electrons. The van der Waals surface area contributed by atoms with Crippen LogP contribution in [0.3, 0.4) is 0 Å². The number of hydrogen-bond donors (Lipinski definition) is 0. The molecular weight excluding hydrogens is 236 g/mol. The van der Waals surface area contributed by atoms with Crippen LogP contribution in [-0.2, 0) is 13.0 Å². The molecule has 0 bridgehead atoms. The molecule has 2 aliphatic rings. The zero-order valence-electron chi connectivity index (χ0n) is 12.3. The predicted molar refractivity (Wildman–Crippen MR) is 76.2 cm³/mol. The molecule has 4 nitrogen and oxygen atoms in total. The highest BCUT2D eigenvalue weighted by atomic mass is 15.3. The van der Waals surface area contributed by atoms with E-state index in [2.05, 4.69) is 33.5 Å². The maximum Gasteiger partial charge on any atom is 0.136 e. The van der Waals surface area contributed by atoms with Gasteiger partial charge in [-0.05, 0) is 44.7 Å². The molecule has 19 heavy (non-hydrogen) atoms. The monoisotopic (exact) mass is 262 g/mol. The van der Waals surface area contributed by atoms with Gasteiger partial charge in [-0.25, -0.2) is 0 Å². The van der Waals surface area contributed by atoms with Crippen LogP contribution in [0.25, 0.3) is 0 Å². The first-order valence-electron chi connectivity index (χ1n) is 7.88. The maximum absolute atomic E-state index is 4.50. The first-order chi connectivity index (χ1) is 9.24. The molecule has 1 saturated heterocycles. The third-order valence-corrected chi connectivity index (χ3v) is 4.46. The van der Waals surface area contributed by atoms with Crippen molar-refractivity contribution in [1.82, 2.24) is 19.7 Å². The summed E-state index contributed by atoms with van der Waals surface area (Å²) < 4.78 is 2.41. The summed E-state index contributed by atoms with van der Waals surface area (Å²) in [6.07, 6.45) is 6.21. The molecular formula is C15H26N4. The summed E-state index contributed by atoms with van der Waals surface area (Å²) in [4.78, 5) is 2.61. The van der Waals surface area contributed by atoms with Gasteiger partial charge in [0.2, 0.25) is 0 Å². The molecule has 3 heterocycles. The van der Waals surface area contributed by atoms with Gasteiger partial charge in [-0.1, -0.05) is 13.8 Å². The van der Waals surface area contributed by atoms with Crippen molar-refractivity contribution < 1.29 is 0 Å². The lowest BCUT2D eigenvalue weighted by Crippen LogP contribution is -2.36. The standard InChI is InChI=1S/C15H26N4/c1-12(2)11-18-9-6-13(7-10-18)15-17-16-14-5-3-4-8-19(14)15/h12-13H,3-11H2,1-2H3. The summed E-state index contributed by atoms with van der Waals surface area (Å²) in [5, 5.41) is 8.90. The molecule has 4 heteroatoms. The second-order valence-electron chi connectivity index (χ2n) is 6.55. The Labute approximate surface area is 116 Å². The molecule has 2 aliphatic heterocycles. The number of fused-ring (bicyclic) bond motifs is 1. The van der Waals surface area contributed by atoms with Crippen molar-refractivity contribution in [3.63, 3.8) is 0 Å². The molecule has 0 aromatic carbocycles. The number of rotatable bonds is 3. The summed E-state index contributed by atoms with van der Waals surface area (Å²) in [6, 6.07) is 0. The normalized spacial score (nSPS) is 21.8. The first kappa shape index (κ1) is 13.1. The Hall–Kier alpha value is -0.900. The average Bonchev–Trinajstić information content (AvgIpc) is 2.83. The smallest absolute Gasteiger partial charge is 0.136 e. The fourth-order valence-electron chi connectivity index (χ4n) is 3.52. The van der Waals surface area contributed by atoms with Gasteiger partial charge in [0.25, 0.3) is 0 Å². The third-order valence-electron chi connectivity index (χ3n) is 4.46. The minimum atomic E-state index is 0.641. The number of aromatic nitrogens is 3. The van der Waals surface area contributed by atoms with E-state index < -0.39 is 0 Å². The highest BCUT2D eigenvalue weighted by molar-refractivity contribution is 5.05. The Kier molecular flexibility index (Phi) is 3.87. The Balaban J connectivity index is 1.64. The van der Waals surface area contributed by atoms with Gasteiger partial charge < -0.3 is 9.47 Å². The molecule has 0 atom stereocenters. The van der Waals surface area contributed by atoms with Crippen LogP contribution in [0.5, 0.6) is 0 Å². The highest BCUT2D eigenvalue weighted by Crippen LogP contribution is 2.29. The van der Waals surface area contributed by atoms with Crippen LogP contribution in [-0.4, -0.2) is 39.3 Å². The molecule has 1 fully saturated rings. The zero-order valence-corrected chi connectivity index (χ0v) is 12.3. The molecule has 0 amide bonds. The average molecular weight is 262 g/mol. The Bertz CT molecular complexity index is 416. The Morgan fingerprint density at radius 2 is 1.89 bits per heavy atom. The van der Waals surface area contributed by atoms with Crippen molar-refractivity contribution in [2.45, 2.75) is 58.4 Å². The van der Waals surface area contributed by atoms with Crippen LogP contribution in [0.4, 0.5) is 0 Å². The molecule has 1 aromatic heterocycles. The van der Waals surface area contributed by atoms with E-state index in [-0.39, 0.29) is 0 Å². The van der Waals surface area contributed by atoms with Gasteiger partial charge in [-0.2, -0.15) is 0 Å². The van der Waals surface area contributed by atoms with Crippen LogP contribution >= 0.6 is 0 Å². The van der Waals surface area contributed by atoms with E-state index in [1.54, 1.807) is 0 Å². The van der Waals surface area contributed by atoms with E-state index >= 15 is 0 Å². The van der Waals surface area contributed by atoms with E-state index in [0.717, 1.165) is 18.9 Å². The molecule has 3 rings (SSSR count). The van der Waals surface area contributed by atoms with Crippen LogP contribution in [0.2, 0.25) is 0 Å². The lowest BCUT2D eigenvalue weighted by Gasteiger charge is -2.32. The molecule has 0 N–H and O–H groups in total. The SMILES string of the molecule is CC(C)CN1CCC(c2nnc3n2CCCC3)CC1. The summed E-state index contributed by atoms with van der Waals surface area (Å²) in [5.41, 5.74) is 0. The number of aryl methyl sites for hydroxylation is 1. The lowest BCUT2D eigenvalue weighted by atomic mass is 9.95. The van der Waals surface area contributed by atoms with E-state index in [1.807, 2.05) is 0 Å². The predicted octanol–water partition coefficient (Wildman–Crippen LogP) is 2.45. The van der Waals surface area contributed by atoms with Crippen molar-refractivity contribution in [3.05, 3.63) is 11.6 Å². The third kappa shape index (κ3) is 2.83. The molecule has 0 spiro atoms. The molecule has 0 aliphatic carbocycles. The summed E-state index contributed by atoms with van der Waals surface area (Å²) in [5.74, 6) is 3.92. The van der Waals surface area contributed by atoms with Crippen molar-refractivity contribution in [1.29, 1.82) is 0 Å². The Morgan fingerprint density at radius 1 is 1.11 bits per heavy atom. The molecule has 1 aromatic rings. The second kappa shape index (κ2) is 5.61. The summed E-state index contributed by atoms with van der Waals surface area (Å²) in [6.45, 7) is 9.45. The number of hydrogen-bond acceptors (Lipinski definition) is 3. The number of likely N-dealkylation sites (tertiary alicyclic amines) is 1. The van der Waals surface area contributed by atoms with Crippen molar-refractivity contribution in [2.75, 3.05) is 19.6 Å². The largest absolute Gasteiger partial charge is 0.315 e. The molecule has 0 saturated carbocycles. The summed E-state index contributed by atoms with van der Waals surface area (Å²) in [7, 11) is 0. The van der Waals surface area contributed by atoms with Crippen molar-refractivity contribution in [3.8, 4) is 0 Å². The van der Waals surface area contributed by atoms with E-state index in [9.17, 15) is 0 Å². The van der Waals surface area contributed by atoms with E-state index in [4.69, 9.17) is 0 Å². The highest BCUT2D eigenvalue weighted by Gasteiger charge is 2.26. The first-order valence-corrected chi connectivity index (χ1v) is 7.88. The number of nitrogens with zero attached hydrogens (tertiary/aromatic N) is 4. The van der Waals surface area contributed by atoms with Gasteiger partial charge in [0.15, 0.2) is 0 Å². The molecule has 0 radical (unpaired) electrons. The van der Waals surface area contributed by atoms with Gasteiger partial charge in [0.1, 0.15) is 11.6 Å². The quantitative estimate of drug-likeness (QED) is 0.839. The van der Waals surface area contributed by atoms with Gasteiger partial charge in [0.05, 0.1) is 0 Å². The van der Waals surface area contributed by atoms with Gasteiger partial charge in [0, 0.05) is 25.4 Å². The van der Waals surface area contributed by atoms with Crippen LogP contribution in [0.1, 0.15) is 57.1 Å². The topological polar surface area (TPSA) is 34.0 Å². The van der Waals surface area contributed by atoms with Gasteiger partial charge in [-0.15, -0.1) is 10.2 Å². The summed E-state index contributed by atoms with van der Waals surface area (Å²) >= 11 is 0. The van der Waals surface area contributed by atoms with Crippen LogP contribution < -0.4 is 0 Å². The second-order valence-corrected chi connectivity index (χ2v) is 6.55. The van der Waals surface area contributed by atoms with Crippen LogP contribution in [0.15, 0.2) is 0 Å². The minimum absolute atomic E-state index is 0.641. The number of piperidine rings is 1. The molecule has 0 unspecified atom stereocenters. The van der Waals surface area contributed by atoms with Gasteiger partial charge in [-0.3, -0.25) is 0 Å². The zero-order chi connectivity index (χ0) is 13.2.